The molecule has 3 nitrogen and oxygen atoms in total. The third-order valence-electron chi connectivity index (χ3n) is 15.3. The van der Waals surface area contributed by atoms with Gasteiger partial charge in [0.15, 0.2) is 8.32 Å². The number of hydrogen-bond acceptors (Lipinski definition) is 3. The number of fused-ring (bicyclic) bond motifs is 5. The van der Waals surface area contributed by atoms with E-state index in [-0.39, 0.29) is 11.1 Å². The Labute approximate surface area is 313 Å². The fourth-order valence-corrected chi connectivity index (χ4v) is 12.2. The van der Waals surface area contributed by atoms with Crippen LogP contribution in [0.4, 0.5) is 0 Å². The molecule has 2 aromatic rings. The van der Waals surface area contributed by atoms with Gasteiger partial charge in [0.25, 0.3) is 0 Å². The standard InChI is InChI=1S/C47H72O3Si/c1-34(31-50-51(8,9)45(3,4)5)17-16-18-35(2)40-23-24-41-39-30-44(49-33-37-21-14-11-15-22-37)43-29-38(48-32-36-19-12-10-13-20-36)25-27-47(43,7)42(39)26-28-46(40,41)6/h10-15,19-24,34-35,38-44H,16-18,25-33H2,1-9H3/t34-,35-,38+,39+,40-,41+,42+,43-,44-,46-,47-/m1/s1. The zero-order valence-electron chi connectivity index (χ0n) is 33.8. The topological polar surface area (TPSA) is 27.7 Å². The maximum Gasteiger partial charge on any atom is 0.191 e. The SMILES string of the molecule is C[C@H](CCC[C@@H](C)[C@H]1C=C[C@H]2[C@@H]3C[C@@H](OCc4ccccc4)[C@H]4C[C@@H](OCc5ccccc5)CC[C@]4(C)[C@H]3CC[C@]12C)CO[Si](C)(C)C(C)(C)C. The van der Waals surface area contributed by atoms with Crippen molar-refractivity contribution in [1.82, 2.24) is 0 Å². The van der Waals surface area contributed by atoms with Crippen molar-refractivity contribution in [3.63, 3.8) is 0 Å². The van der Waals surface area contributed by atoms with Gasteiger partial charge in [-0.15, -0.1) is 0 Å². The molecule has 2 aromatic carbocycles. The van der Waals surface area contributed by atoms with Crippen molar-refractivity contribution >= 4 is 8.32 Å². The van der Waals surface area contributed by atoms with Gasteiger partial charge in [0.05, 0.1) is 25.4 Å². The molecule has 4 aliphatic rings. The van der Waals surface area contributed by atoms with Crippen LogP contribution < -0.4 is 0 Å². The number of benzene rings is 2. The first-order valence-electron chi connectivity index (χ1n) is 20.8. The summed E-state index contributed by atoms with van der Waals surface area (Å²) < 4.78 is 20.3. The Morgan fingerprint density at radius 2 is 1.39 bits per heavy atom. The Morgan fingerprint density at radius 3 is 2.04 bits per heavy atom. The summed E-state index contributed by atoms with van der Waals surface area (Å²) in [7, 11) is -1.68. The zero-order valence-corrected chi connectivity index (χ0v) is 34.8. The summed E-state index contributed by atoms with van der Waals surface area (Å²) in [5.41, 5.74) is 3.23. The lowest BCUT2D eigenvalue weighted by Crippen LogP contribution is -2.59. The van der Waals surface area contributed by atoms with Gasteiger partial charge in [-0.05, 0) is 126 Å². The molecule has 0 radical (unpaired) electrons. The van der Waals surface area contributed by atoms with E-state index in [0.29, 0.717) is 59.7 Å². The monoisotopic (exact) mass is 713 g/mol. The quantitative estimate of drug-likeness (QED) is 0.144. The third kappa shape index (κ3) is 8.50. The van der Waals surface area contributed by atoms with Crippen LogP contribution in [0.2, 0.25) is 18.1 Å². The maximum atomic E-state index is 7.07. The lowest BCUT2D eigenvalue weighted by atomic mass is 9.43. The van der Waals surface area contributed by atoms with Gasteiger partial charge in [-0.25, -0.2) is 0 Å². The normalized spacial score (nSPS) is 34.7. The van der Waals surface area contributed by atoms with Gasteiger partial charge in [0.1, 0.15) is 0 Å². The largest absolute Gasteiger partial charge is 0.417 e. The van der Waals surface area contributed by atoms with Crippen LogP contribution in [0.3, 0.4) is 0 Å². The summed E-state index contributed by atoms with van der Waals surface area (Å²) in [6.45, 7) is 24.5. The number of allylic oxidation sites excluding steroid dienone is 2. The van der Waals surface area contributed by atoms with E-state index in [1.54, 1.807) is 0 Å². The average Bonchev–Trinajstić information content (AvgIpc) is 3.47. The van der Waals surface area contributed by atoms with Crippen LogP contribution in [0.25, 0.3) is 0 Å². The predicted molar refractivity (Wildman–Crippen MR) is 216 cm³/mol. The average molecular weight is 713 g/mol. The first-order chi connectivity index (χ1) is 24.2. The molecule has 4 aliphatic carbocycles. The molecule has 0 aliphatic heterocycles. The van der Waals surface area contributed by atoms with Crippen molar-refractivity contribution in [3.8, 4) is 0 Å². The number of rotatable bonds is 14. The molecule has 0 bridgehead atoms. The van der Waals surface area contributed by atoms with Crippen molar-refractivity contribution in [3.05, 3.63) is 83.9 Å². The second kappa shape index (κ2) is 15.9. The highest BCUT2D eigenvalue weighted by atomic mass is 28.4. The summed E-state index contributed by atoms with van der Waals surface area (Å²) in [5.74, 6) is 4.71. The van der Waals surface area contributed by atoms with Crippen LogP contribution in [0, 0.1) is 52.3 Å². The molecule has 11 atom stereocenters. The number of ether oxygens (including phenoxy) is 2. The second-order valence-corrected chi connectivity index (χ2v) is 24.5. The van der Waals surface area contributed by atoms with Crippen molar-refractivity contribution in [2.45, 2.75) is 150 Å². The fraction of sp³-hybridized carbons (Fsp3) is 0.702. The molecule has 6 rings (SSSR count). The first-order valence-corrected chi connectivity index (χ1v) is 23.8. The molecule has 0 spiro atoms. The zero-order chi connectivity index (χ0) is 36.4. The fourth-order valence-electron chi connectivity index (χ4n) is 11.1. The lowest BCUT2D eigenvalue weighted by molar-refractivity contribution is -0.191. The Kier molecular flexibility index (Phi) is 12.2. The summed E-state index contributed by atoms with van der Waals surface area (Å²) in [4.78, 5) is 0. The molecule has 282 valence electrons. The Morgan fingerprint density at radius 1 is 0.765 bits per heavy atom. The molecule has 0 heterocycles. The van der Waals surface area contributed by atoms with E-state index in [1.807, 2.05) is 0 Å². The van der Waals surface area contributed by atoms with Crippen molar-refractivity contribution in [2.24, 2.45) is 52.3 Å². The maximum absolute atomic E-state index is 7.07. The van der Waals surface area contributed by atoms with Gasteiger partial charge in [0, 0.05) is 6.61 Å². The predicted octanol–water partition coefficient (Wildman–Crippen LogP) is 12.7. The second-order valence-electron chi connectivity index (χ2n) is 19.7. The van der Waals surface area contributed by atoms with Crippen LogP contribution in [-0.4, -0.2) is 27.1 Å². The molecule has 3 fully saturated rings. The van der Waals surface area contributed by atoms with E-state index in [4.69, 9.17) is 13.9 Å². The highest BCUT2D eigenvalue weighted by Crippen LogP contribution is 2.67. The Hall–Kier alpha value is -1.72. The summed E-state index contributed by atoms with van der Waals surface area (Å²) in [6.07, 6.45) is 17.4. The van der Waals surface area contributed by atoms with Gasteiger partial charge in [0.2, 0.25) is 0 Å². The molecule has 51 heavy (non-hydrogen) atoms. The van der Waals surface area contributed by atoms with E-state index in [0.717, 1.165) is 24.9 Å². The summed E-state index contributed by atoms with van der Waals surface area (Å²) in [6, 6.07) is 21.6. The van der Waals surface area contributed by atoms with Gasteiger partial charge >= 0.3 is 0 Å². The lowest BCUT2D eigenvalue weighted by Gasteiger charge is -2.63. The minimum atomic E-state index is -1.68. The van der Waals surface area contributed by atoms with Crippen molar-refractivity contribution < 1.29 is 13.9 Å². The van der Waals surface area contributed by atoms with Gasteiger partial charge < -0.3 is 13.9 Å². The minimum absolute atomic E-state index is 0.279. The van der Waals surface area contributed by atoms with E-state index >= 15 is 0 Å². The van der Waals surface area contributed by atoms with Crippen LogP contribution >= 0.6 is 0 Å². The molecular formula is C47H72O3Si. The van der Waals surface area contributed by atoms with E-state index < -0.39 is 8.32 Å². The van der Waals surface area contributed by atoms with Crippen LogP contribution in [-0.2, 0) is 27.1 Å². The van der Waals surface area contributed by atoms with Crippen molar-refractivity contribution in [2.75, 3.05) is 6.61 Å². The first kappa shape index (κ1) is 39.0. The highest BCUT2D eigenvalue weighted by Gasteiger charge is 2.62. The van der Waals surface area contributed by atoms with E-state index in [1.165, 1.54) is 62.5 Å². The Bertz CT molecular complexity index is 1420. The van der Waals surface area contributed by atoms with E-state index in [9.17, 15) is 0 Å². The smallest absolute Gasteiger partial charge is 0.191 e. The molecule has 4 heteroatoms. The van der Waals surface area contributed by atoms with Gasteiger partial charge in [-0.3, -0.25) is 0 Å². The van der Waals surface area contributed by atoms with Crippen LogP contribution in [0.15, 0.2) is 72.8 Å². The molecule has 0 aromatic heterocycles. The molecular weight excluding hydrogens is 641 g/mol. The molecule has 3 saturated carbocycles. The Balaban J connectivity index is 1.11. The van der Waals surface area contributed by atoms with Crippen LogP contribution in [0.5, 0.6) is 0 Å². The summed E-state index contributed by atoms with van der Waals surface area (Å²) >= 11 is 0. The number of hydrogen-bond donors (Lipinski definition) is 0. The van der Waals surface area contributed by atoms with Crippen molar-refractivity contribution in [1.29, 1.82) is 0 Å². The molecule has 0 unspecified atom stereocenters. The third-order valence-corrected chi connectivity index (χ3v) is 19.8. The van der Waals surface area contributed by atoms with Crippen LogP contribution in [0.1, 0.15) is 117 Å². The summed E-state index contributed by atoms with van der Waals surface area (Å²) in [5, 5.41) is 0.280. The van der Waals surface area contributed by atoms with E-state index in [2.05, 4.69) is 134 Å². The molecule has 0 N–H and O–H groups in total. The molecule has 0 saturated heterocycles. The highest BCUT2D eigenvalue weighted by molar-refractivity contribution is 6.74. The van der Waals surface area contributed by atoms with Gasteiger partial charge in [-0.2, -0.15) is 0 Å². The molecule has 0 amide bonds. The van der Waals surface area contributed by atoms with Gasteiger partial charge in [-0.1, -0.05) is 134 Å². The minimum Gasteiger partial charge on any atom is -0.417 e.